The van der Waals surface area contributed by atoms with Crippen LogP contribution in [0.5, 0.6) is 5.75 Å². The zero-order valence-electron chi connectivity index (χ0n) is 13.7. The van der Waals surface area contributed by atoms with Crippen molar-refractivity contribution in [2.45, 2.75) is 6.18 Å². The van der Waals surface area contributed by atoms with Gasteiger partial charge in [-0.05, 0) is 18.2 Å². The minimum atomic E-state index is -4.61. The molecule has 0 radical (unpaired) electrons. The molecule has 0 aliphatic heterocycles. The van der Waals surface area contributed by atoms with Crippen molar-refractivity contribution in [1.29, 1.82) is 5.26 Å². The third-order valence-electron chi connectivity index (χ3n) is 3.77. The van der Waals surface area contributed by atoms with Gasteiger partial charge in [0.15, 0.2) is 0 Å². The second kappa shape index (κ2) is 7.14. The molecule has 4 nitrogen and oxygen atoms in total. The number of hydrogen-bond donors (Lipinski definition) is 1. The number of anilines is 2. The molecule has 0 aliphatic carbocycles. The SMILES string of the molecule is COc1cc(Nc2cc(C#N)nc3c(C(F)(F)F)cccc23)c(Cl)cc1Cl. The Hall–Kier alpha value is -2.69. The topological polar surface area (TPSA) is 57.9 Å². The number of para-hydroxylation sites is 1. The van der Waals surface area contributed by atoms with Crippen LogP contribution in [-0.2, 0) is 6.18 Å². The van der Waals surface area contributed by atoms with E-state index >= 15 is 0 Å². The van der Waals surface area contributed by atoms with Gasteiger partial charge in [0.05, 0.1) is 39.6 Å². The van der Waals surface area contributed by atoms with Gasteiger partial charge in [0.2, 0.25) is 0 Å². The average molecular weight is 412 g/mol. The van der Waals surface area contributed by atoms with Crippen LogP contribution in [0.3, 0.4) is 0 Å². The fourth-order valence-corrected chi connectivity index (χ4v) is 3.07. The van der Waals surface area contributed by atoms with E-state index in [2.05, 4.69) is 10.3 Å². The number of halogens is 5. The molecule has 0 aliphatic rings. The molecule has 1 N–H and O–H groups in total. The van der Waals surface area contributed by atoms with Gasteiger partial charge < -0.3 is 10.1 Å². The lowest BCUT2D eigenvalue weighted by atomic mass is 10.1. The lowest BCUT2D eigenvalue weighted by Crippen LogP contribution is -2.07. The Morgan fingerprint density at radius 2 is 1.85 bits per heavy atom. The zero-order chi connectivity index (χ0) is 19.8. The van der Waals surface area contributed by atoms with Crippen LogP contribution in [0.15, 0.2) is 36.4 Å². The summed E-state index contributed by atoms with van der Waals surface area (Å²) in [7, 11) is 1.42. The second-order valence-corrected chi connectivity index (χ2v) is 6.27. The number of benzene rings is 2. The minimum absolute atomic E-state index is 0.168. The molecule has 0 atom stereocenters. The van der Waals surface area contributed by atoms with Crippen LogP contribution in [-0.4, -0.2) is 12.1 Å². The summed E-state index contributed by atoms with van der Waals surface area (Å²) in [5.74, 6) is 0.332. The highest BCUT2D eigenvalue weighted by atomic mass is 35.5. The highest BCUT2D eigenvalue weighted by molar-refractivity contribution is 6.37. The molecule has 0 spiro atoms. The van der Waals surface area contributed by atoms with E-state index in [1.807, 2.05) is 0 Å². The first kappa shape index (κ1) is 19.1. The lowest BCUT2D eigenvalue weighted by Gasteiger charge is -2.15. The molecule has 0 bridgehead atoms. The number of nitrogens with zero attached hydrogens (tertiary/aromatic N) is 2. The van der Waals surface area contributed by atoms with Crippen LogP contribution < -0.4 is 10.1 Å². The van der Waals surface area contributed by atoms with E-state index in [0.29, 0.717) is 11.4 Å². The van der Waals surface area contributed by atoms with Crippen molar-refractivity contribution in [2.24, 2.45) is 0 Å². The monoisotopic (exact) mass is 411 g/mol. The number of fused-ring (bicyclic) bond motifs is 1. The number of nitriles is 1. The summed E-state index contributed by atoms with van der Waals surface area (Å²) in [6.45, 7) is 0. The van der Waals surface area contributed by atoms with E-state index in [1.54, 1.807) is 6.07 Å². The van der Waals surface area contributed by atoms with Gasteiger partial charge in [-0.1, -0.05) is 35.3 Å². The number of hydrogen-bond acceptors (Lipinski definition) is 4. The molecule has 1 heterocycles. The third kappa shape index (κ3) is 3.72. The van der Waals surface area contributed by atoms with Crippen LogP contribution in [0.25, 0.3) is 10.9 Å². The minimum Gasteiger partial charge on any atom is -0.495 e. The zero-order valence-corrected chi connectivity index (χ0v) is 15.2. The van der Waals surface area contributed by atoms with Crippen LogP contribution in [0, 0.1) is 11.3 Å². The molecule has 0 saturated carbocycles. The summed E-state index contributed by atoms with van der Waals surface area (Å²) in [5, 5.41) is 12.8. The highest BCUT2D eigenvalue weighted by Gasteiger charge is 2.33. The van der Waals surface area contributed by atoms with E-state index in [1.165, 1.54) is 37.4 Å². The summed E-state index contributed by atoms with van der Waals surface area (Å²) in [6, 6.07) is 9.74. The molecule has 27 heavy (non-hydrogen) atoms. The van der Waals surface area contributed by atoms with Crippen molar-refractivity contribution in [3.8, 4) is 11.8 Å². The Balaban J connectivity index is 2.22. The van der Waals surface area contributed by atoms with E-state index in [-0.39, 0.29) is 32.3 Å². The first-order valence-electron chi connectivity index (χ1n) is 7.45. The maximum Gasteiger partial charge on any atom is 0.418 e. The van der Waals surface area contributed by atoms with Crippen molar-refractivity contribution in [3.05, 3.63) is 57.7 Å². The summed E-state index contributed by atoms with van der Waals surface area (Å²) in [5.41, 5.74) is -0.831. The smallest absolute Gasteiger partial charge is 0.418 e. The predicted molar refractivity (Wildman–Crippen MR) is 97.8 cm³/mol. The van der Waals surface area contributed by atoms with Crippen LogP contribution in [0.4, 0.5) is 24.5 Å². The number of pyridine rings is 1. The number of aromatic nitrogens is 1. The Morgan fingerprint density at radius 1 is 1.11 bits per heavy atom. The molecule has 138 valence electrons. The van der Waals surface area contributed by atoms with Gasteiger partial charge in [0.25, 0.3) is 0 Å². The predicted octanol–water partition coefficient (Wildman–Crippen LogP) is 6.18. The highest BCUT2D eigenvalue weighted by Crippen LogP contribution is 2.39. The molecule has 0 amide bonds. The molecule has 2 aromatic carbocycles. The average Bonchev–Trinajstić information content (AvgIpc) is 2.62. The third-order valence-corrected chi connectivity index (χ3v) is 4.38. The van der Waals surface area contributed by atoms with Gasteiger partial charge in [0, 0.05) is 11.5 Å². The second-order valence-electron chi connectivity index (χ2n) is 5.46. The first-order valence-corrected chi connectivity index (χ1v) is 8.21. The Kier molecular flexibility index (Phi) is 5.05. The van der Waals surface area contributed by atoms with Crippen LogP contribution in [0.2, 0.25) is 10.0 Å². The van der Waals surface area contributed by atoms with Crippen molar-refractivity contribution in [3.63, 3.8) is 0 Å². The summed E-state index contributed by atoms with van der Waals surface area (Å²) < 4.78 is 45.1. The van der Waals surface area contributed by atoms with Gasteiger partial charge >= 0.3 is 6.18 Å². The number of methoxy groups -OCH3 is 1. The summed E-state index contributed by atoms with van der Waals surface area (Å²) in [6.07, 6.45) is -4.61. The van der Waals surface area contributed by atoms with Crippen LogP contribution >= 0.6 is 23.2 Å². The molecule has 3 aromatic rings. The van der Waals surface area contributed by atoms with Gasteiger partial charge in [-0.25, -0.2) is 4.98 Å². The Labute approximate surface area is 162 Å². The molecular weight excluding hydrogens is 402 g/mol. The first-order chi connectivity index (χ1) is 12.7. The maximum absolute atomic E-state index is 13.3. The molecule has 9 heteroatoms. The van der Waals surface area contributed by atoms with E-state index in [4.69, 9.17) is 33.2 Å². The summed E-state index contributed by atoms with van der Waals surface area (Å²) >= 11 is 12.2. The molecule has 1 aromatic heterocycles. The summed E-state index contributed by atoms with van der Waals surface area (Å²) in [4.78, 5) is 3.83. The van der Waals surface area contributed by atoms with Crippen molar-refractivity contribution in [1.82, 2.24) is 4.98 Å². The standard InChI is InChI=1S/C18H10Cl2F3N3O/c1-27-16-7-15(12(19)6-13(16)20)26-14-5-9(8-24)25-17-10(14)3-2-4-11(17)18(21,22)23/h2-7H,1H3,(H,25,26). The van der Waals surface area contributed by atoms with Crippen molar-refractivity contribution < 1.29 is 17.9 Å². The molecule has 0 unspecified atom stereocenters. The Morgan fingerprint density at radius 3 is 2.48 bits per heavy atom. The van der Waals surface area contributed by atoms with Crippen molar-refractivity contribution in [2.75, 3.05) is 12.4 Å². The fraction of sp³-hybridized carbons (Fsp3) is 0.111. The lowest BCUT2D eigenvalue weighted by molar-refractivity contribution is -0.136. The van der Waals surface area contributed by atoms with Crippen LogP contribution in [0.1, 0.15) is 11.3 Å². The molecule has 3 rings (SSSR count). The van der Waals surface area contributed by atoms with E-state index < -0.39 is 11.7 Å². The molecular formula is C18H10Cl2F3N3O. The van der Waals surface area contributed by atoms with Gasteiger partial charge in [-0.3, -0.25) is 0 Å². The van der Waals surface area contributed by atoms with Gasteiger partial charge in [-0.2, -0.15) is 18.4 Å². The Bertz CT molecular complexity index is 1080. The normalized spacial score (nSPS) is 11.3. The quantitative estimate of drug-likeness (QED) is 0.558. The molecule has 0 saturated heterocycles. The van der Waals surface area contributed by atoms with E-state index in [0.717, 1.165) is 6.07 Å². The fourth-order valence-electron chi connectivity index (χ4n) is 2.56. The number of rotatable bonds is 3. The maximum atomic E-state index is 13.3. The van der Waals surface area contributed by atoms with E-state index in [9.17, 15) is 13.2 Å². The van der Waals surface area contributed by atoms with Crippen molar-refractivity contribution >= 4 is 45.5 Å². The number of nitrogens with one attached hydrogen (secondary N) is 1. The molecule has 0 fully saturated rings. The largest absolute Gasteiger partial charge is 0.495 e. The van der Waals surface area contributed by atoms with Gasteiger partial charge in [0.1, 0.15) is 17.5 Å². The number of ether oxygens (including phenoxy) is 1. The number of alkyl halides is 3. The van der Waals surface area contributed by atoms with Gasteiger partial charge in [-0.15, -0.1) is 0 Å².